The summed E-state index contributed by atoms with van der Waals surface area (Å²) in [4.78, 5) is 0.963. The third kappa shape index (κ3) is 1.08. The normalized spacial score (nSPS) is 18.4. The van der Waals surface area contributed by atoms with E-state index in [9.17, 15) is 0 Å². The van der Waals surface area contributed by atoms with Gasteiger partial charge in [-0.3, -0.25) is 0 Å². The van der Waals surface area contributed by atoms with Crippen molar-refractivity contribution in [1.29, 1.82) is 0 Å². The van der Waals surface area contributed by atoms with E-state index >= 15 is 0 Å². The van der Waals surface area contributed by atoms with Gasteiger partial charge in [0.05, 0.1) is 21.1 Å². The van der Waals surface area contributed by atoms with Crippen LogP contribution in [0.3, 0.4) is 0 Å². The van der Waals surface area contributed by atoms with E-state index in [1.54, 1.807) is 12.2 Å². The molecule has 10 heavy (non-hydrogen) atoms. The Hall–Kier alpha value is -0.740. The fourth-order valence-electron chi connectivity index (χ4n) is 0.593. The summed E-state index contributed by atoms with van der Waals surface area (Å²) in [5.41, 5.74) is 12.0. The molecule has 0 bridgehead atoms. The van der Waals surface area contributed by atoms with Crippen molar-refractivity contribution >= 4 is 34.2 Å². The van der Waals surface area contributed by atoms with E-state index < -0.39 is 0 Å². The van der Waals surface area contributed by atoms with E-state index in [-0.39, 0.29) is 0 Å². The van der Waals surface area contributed by atoms with Crippen LogP contribution in [-0.2, 0) is 0 Å². The van der Waals surface area contributed by atoms with Crippen LogP contribution in [-0.4, -0.2) is 9.73 Å². The molecule has 0 spiro atoms. The Balaban J connectivity index is 3.09. The number of allylic oxidation sites excluding steroid dienone is 4. The summed E-state index contributed by atoms with van der Waals surface area (Å²) < 4.78 is 0. The first-order valence-corrected chi connectivity index (χ1v) is 3.46. The van der Waals surface area contributed by atoms with Crippen molar-refractivity contribution in [1.82, 2.24) is 0 Å². The molecule has 0 heterocycles. The molecule has 1 aliphatic carbocycles. The zero-order valence-electron chi connectivity index (χ0n) is 5.13. The standard InChI is InChI=1S/C6H6N2S2/c7-3-1-2-4(8)6(10)5(3)9/h1-2H,7-8H2. The van der Waals surface area contributed by atoms with Crippen molar-refractivity contribution in [3.05, 3.63) is 23.5 Å². The average molecular weight is 170 g/mol. The molecule has 1 aliphatic rings. The van der Waals surface area contributed by atoms with Gasteiger partial charge in [-0.25, -0.2) is 0 Å². The largest absolute Gasteiger partial charge is 0.398 e. The fraction of sp³-hybridized carbons (Fsp3) is 0. The van der Waals surface area contributed by atoms with Crippen molar-refractivity contribution in [2.24, 2.45) is 11.5 Å². The molecule has 0 aromatic heterocycles. The van der Waals surface area contributed by atoms with Crippen molar-refractivity contribution in [2.75, 3.05) is 0 Å². The summed E-state index contributed by atoms with van der Waals surface area (Å²) in [5, 5.41) is 0. The van der Waals surface area contributed by atoms with E-state index in [4.69, 9.17) is 35.9 Å². The highest BCUT2D eigenvalue weighted by Crippen LogP contribution is 2.06. The van der Waals surface area contributed by atoms with Crippen LogP contribution in [0, 0.1) is 0 Å². The van der Waals surface area contributed by atoms with Gasteiger partial charge < -0.3 is 11.5 Å². The summed E-state index contributed by atoms with van der Waals surface area (Å²) in [6, 6.07) is 0. The van der Waals surface area contributed by atoms with Crippen LogP contribution in [0.1, 0.15) is 0 Å². The first-order valence-electron chi connectivity index (χ1n) is 2.65. The number of hydrogen-bond donors (Lipinski definition) is 2. The van der Waals surface area contributed by atoms with Crippen LogP contribution in [0.15, 0.2) is 23.5 Å². The van der Waals surface area contributed by atoms with Gasteiger partial charge in [-0.15, -0.1) is 0 Å². The lowest BCUT2D eigenvalue weighted by Crippen LogP contribution is -2.25. The van der Waals surface area contributed by atoms with Gasteiger partial charge >= 0.3 is 0 Å². The smallest absolute Gasteiger partial charge is 0.0808 e. The van der Waals surface area contributed by atoms with Gasteiger partial charge in [0.2, 0.25) is 0 Å². The minimum absolute atomic E-state index is 0.481. The highest BCUT2D eigenvalue weighted by atomic mass is 32.1. The van der Waals surface area contributed by atoms with E-state index in [1.807, 2.05) is 0 Å². The monoisotopic (exact) mass is 170 g/mol. The maximum absolute atomic E-state index is 5.46. The summed E-state index contributed by atoms with van der Waals surface area (Å²) in [5.74, 6) is 0. The van der Waals surface area contributed by atoms with E-state index in [0.29, 0.717) is 21.1 Å². The van der Waals surface area contributed by atoms with Gasteiger partial charge in [-0.1, -0.05) is 24.4 Å². The number of nitrogens with two attached hydrogens (primary N) is 2. The molecule has 2 nitrogen and oxygen atoms in total. The Morgan fingerprint density at radius 1 is 0.900 bits per heavy atom. The highest BCUT2D eigenvalue weighted by molar-refractivity contribution is 7.90. The number of hydrogen-bond acceptors (Lipinski definition) is 4. The lowest BCUT2D eigenvalue weighted by molar-refractivity contribution is 1.44. The molecular weight excluding hydrogens is 164 g/mol. The Morgan fingerprint density at radius 3 is 1.50 bits per heavy atom. The molecule has 0 fully saturated rings. The minimum Gasteiger partial charge on any atom is -0.398 e. The Kier molecular flexibility index (Phi) is 1.82. The summed E-state index contributed by atoms with van der Waals surface area (Å²) in [6.45, 7) is 0. The second kappa shape index (κ2) is 2.48. The Bertz CT molecular complexity index is 227. The second-order valence-corrected chi connectivity index (χ2v) is 2.72. The van der Waals surface area contributed by atoms with E-state index in [0.717, 1.165) is 0 Å². The lowest BCUT2D eigenvalue weighted by atomic mass is 10.1. The molecule has 0 aliphatic heterocycles. The Morgan fingerprint density at radius 2 is 1.20 bits per heavy atom. The van der Waals surface area contributed by atoms with Crippen LogP contribution in [0.5, 0.6) is 0 Å². The number of rotatable bonds is 0. The third-order valence-corrected chi connectivity index (χ3v) is 2.18. The zero-order chi connectivity index (χ0) is 7.72. The predicted octanol–water partition coefficient (Wildman–Crippen LogP) is 0.425. The topological polar surface area (TPSA) is 52.0 Å². The van der Waals surface area contributed by atoms with Gasteiger partial charge in [0, 0.05) is 0 Å². The lowest BCUT2D eigenvalue weighted by Gasteiger charge is -2.09. The van der Waals surface area contributed by atoms with Gasteiger partial charge in [0.25, 0.3) is 0 Å². The van der Waals surface area contributed by atoms with Crippen molar-refractivity contribution in [3.63, 3.8) is 0 Å². The first kappa shape index (κ1) is 7.37. The minimum atomic E-state index is 0.481. The first-order chi connectivity index (χ1) is 4.63. The van der Waals surface area contributed by atoms with E-state index in [1.165, 1.54) is 0 Å². The van der Waals surface area contributed by atoms with Crippen LogP contribution in [0.2, 0.25) is 0 Å². The van der Waals surface area contributed by atoms with Gasteiger partial charge in [-0.05, 0) is 12.2 Å². The van der Waals surface area contributed by atoms with Crippen molar-refractivity contribution in [2.45, 2.75) is 0 Å². The summed E-state index contributed by atoms with van der Waals surface area (Å²) >= 11 is 9.75. The molecule has 0 amide bonds. The molecule has 52 valence electrons. The number of thiocarbonyl (C=S) groups is 2. The van der Waals surface area contributed by atoms with E-state index in [2.05, 4.69) is 0 Å². The molecule has 4 N–H and O–H groups in total. The molecule has 0 aromatic rings. The van der Waals surface area contributed by atoms with Crippen molar-refractivity contribution < 1.29 is 0 Å². The molecular formula is C6H6N2S2. The molecule has 4 heteroatoms. The maximum Gasteiger partial charge on any atom is 0.0808 e. The highest BCUT2D eigenvalue weighted by Gasteiger charge is 2.12. The second-order valence-electron chi connectivity index (χ2n) is 1.90. The van der Waals surface area contributed by atoms with Crippen LogP contribution < -0.4 is 11.5 Å². The van der Waals surface area contributed by atoms with Crippen LogP contribution in [0.25, 0.3) is 0 Å². The Labute approximate surface area is 69.6 Å². The van der Waals surface area contributed by atoms with Crippen molar-refractivity contribution in [3.8, 4) is 0 Å². The summed E-state index contributed by atoms with van der Waals surface area (Å²) in [7, 11) is 0. The maximum atomic E-state index is 5.46. The van der Waals surface area contributed by atoms with Gasteiger partial charge in [0.1, 0.15) is 0 Å². The van der Waals surface area contributed by atoms with Gasteiger partial charge in [-0.2, -0.15) is 0 Å². The molecule has 0 saturated carbocycles. The molecule has 0 aromatic carbocycles. The average Bonchev–Trinajstić information content (AvgIpc) is 1.93. The summed E-state index contributed by atoms with van der Waals surface area (Å²) in [6.07, 6.45) is 3.32. The molecule has 0 radical (unpaired) electrons. The molecule has 0 unspecified atom stereocenters. The van der Waals surface area contributed by atoms with Crippen LogP contribution in [0.4, 0.5) is 0 Å². The molecule has 0 saturated heterocycles. The van der Waals surface area contributed by atoms with Gasteiger partial charge in [0.15, 0.2) is 0 Å². The quantitative estimate of drug-likeness (QED) is 0.517. The van der Waals surface area contributed by atoms with Crippen LogP contribution >= 0.6 is 24.4 Å². The fourth-order valence-corrected chi connectivity index (χ4v) is 0.965. The third-order valence-electron chi connectivity index (χ3n) is 1.17. The molecule has 0 atom stereocenters. The SMILES string of the molecule is NC1=CC=C(N)C(=S)C1=S. The zero-order valence-corrected chi connectivity index (χ0v) is 6.76. The predicted molar refractivity (Wildman–Crippen MR) is 49.7 cm³/mol. The molecule has 1 rings (SSSR count).